The molecule has 0 aliphatic heterocycles. The van der Waals surface area contributed by atoms with Gasteiger partial charge in [0.05, 0.1) is 12.4 Å². The lowest BCUT2D eigenvalue weighted by atomic mass is 10.4. The van der Waals surface area contributed by atoms with Crippen LogP contribution in [0.2, 0.25) is 0 Å². The Kier molecular flexibility index (Phi) is 3.82. The van der Waals surface area contributed by atoms with E-state index in [1.165, 1.54) is 0 Å². The van der Waals surface area contributed by atoms with E-state index >= 15 is 0 Å². The summed E-state index contributed by atoms with van der Waals surface area (Å²) in [5, 5.41) is -0.111. The molecule has 0 fully saturated rings. The number of hydrogen-bond donors (Lipinski definition) is 0. The summed E-state index contributed by atoms with van der Waals surface area (Å²) < 4.78 is 10.5. The van der Waals surface area contributed by atoms with E-state index in [9.17, 15) is 0 Å². The van der Waals surface area contributed by atoms with Gasteiger partial charge in [-0.3, -0.25) is 0 Å². The molecule has 5 heteroatoms. The highest BCUT2D eigenvalue weighted by atomic mass is 32.2. The van der Waals surface area contributed by atoms with Gasteiger partial charge in [0.15, 0.2) is 0 Å². The summed E-state index contributed by atoms with van der Waals surface area (Å²) in [6.07, 6.45) is 9.85. The minimum atomic E-state index is -0.0556. The third-order valence-corrected chi connectivity index (χ3v) is 3.49. The second kappa shape index (κ2) is 5.54. The maximum Gasteiger partial charge on any atom is 0.210 e. The van der Waals surface area contributed by atoms with Gasteiger partial charge in [-0.25, -0.2) is 9.97 Å². The first-order valence-electron chi connectivity index (χ1n) is 5.04. The van der Waals surface area contributed by atoms with Crippen molar-refractivity contribution in [2.45, 2.75) is 10.5 Å². The van der Waals surface area contributed by atoms with Crippen molar-refractivity contribution in [3.8, 4) is 0 Å². The van der Waals surface area contributed by atoms with E-state index in [0.29, 0.717) is 11.8 Å². The highest BCUT2D eigenvalue weighted by Gasteiger charge is 2.21. The Hall–Kier alpha value is -1.75. The molecule has 0 aromatic carbocycles. The van der Waals surface area contributed by atoms with Crippen LogP contribution >= 0.6 is 11.8 Å². The van der Waals surface area contributed by atoms with E-state index in [1.807, 2.05) is 0 Å². The van der Waals surface area contributed by atoms with Gasteiger partial charge in [0, 0.05) is 0 Å². The molecule has 0 N–H and O–H groups in total. The molecule has 0 saturated carbocycles. The summed E-state index contributed by atoms with van der Waals surface area (Å²) in [6.45, 7) is 7.56. The number of hydrogen-bond acceptors (Lipinski definition) is 5. The third-order valence-electron chi connectivity index (χ3n) is 2.11. The second-order valence-electron chi connectivity index (χ2n) is 3.19. The molecule has 0 amide bonds. The van der Waals surface area contributed by atoms with Gasteiger partial charge in [0.1, 0.15) is 23.0 Å². The molecule has 2 aromatic heterocycles. The predicted octanol–water partition coefficient (Wildman–Crippen LogP) is 3.55. The van der Waals surface area contributed by atoms with Gasteiger partial charge in [-0.2, -0.15) is 0 Å². The maximum absolute atomic E-state index is 5.26. The lowest BCUT2D eigenvalue weighted by Gasteiger charge is -2.13. The Morgan fingerprint density at radius 2 is 1.47 bits per heavy atom. The van der Waals surface area contributed by atoms with Gasteiger partial charge < -0.3 is 8.83 Å². The van der Waals surface area contributed by atoms with Crippen LogP contribution < -0.4 is 0 Å². The Balaban J connectivity index is 2.12. The highest BCUT2D eigenvalue weighted by Crippen LogP contribution is 2.40. The highest BCUT2D eigenvalue weighted by molar-refractivity contribution is 8.00. The van der Waals surface area contributed by atoms with Crippen molar-refractivity contribution in [3.05, 3.63) is 62.0 Å². The van der Waals surface area contributed by atoms with Crippen molar-refractivity contribution in [2.24, 2.45) is 0 Å². The molecule has 2 unspecified atom stereocenters. The molecule has 0 spiro atoms. The molecular weight excluding hydrogens is 236 g/mol. The largest absolute Gasteiger partial charge is 0.447 e. The first kappa shape index (κ1) is 11.7. The SMILES string of the molecule is C=CC(SC(C=C)c1ncco1)c1ncco1. The molecule has 0 radical (unpaired) electrons. The monoisotopic (exact) mass is 248 g/mol. The molecule has 2 atom stereocenters. The maximum atomic E-state index is 5.26. The van der Waals surface area contributed by atoms with Gasteiger partial charge in [-0.1, -0.05) is 12.2 Å². The number of rotatable bonds is 6. The van der Waals surface area contributed by atoms with Crippen molar-refractivity contribution < 1.29 is 8.83 Å². The Morgan fingerprint density at radius 1 is 1.00 bits per heavy atom. The zero-order valence-corrected chi connectivity index (χ0v) is 9.97. The fraction of sp³-hybridized carbons (Fsp3) is 0.167. The van der Waals surface area contributed by atoms with E-state index in [4.69, 9.17) is 8.83 Å². The zero-order chi connectivity index (χ0) is 12.1. The van der Waals surface area contributed by atoms with Crippen LogP contribution in [-0.2, 0) is 0 Å². The van der Waals surface area contributed by atoms with E-state index in [0.717, 1.165) is 0 Å². The number of oxazole rings is 2. The van der Waals surface area contributed by atoms with Crippen LogP contribution in [0.15, 0.2) is 59.1 Å². The molecule has 2 aromatic rings. The summed E-state index contributed by atoms with van der Waals surface area (Å²) in [6, 6.07) is 0. The molecule has 88 valence electrons. The lowest BCUT2D eigenvalue weighted by Crippen LogP contribution is -1.96. The van der Waals surface area contributed by atoms with Gasteiger partial charge >= 0.3 is 0 Å². The second-order valence-corrected chi connectivity index (χ2v) is 4.48. The van der Waals surface area contributed by atoms with Crippen molar-refractivity contribution in [1.82, 2.24) is 9.97 Å². The summed E-state index contributed by atoms with van der Waals surface area (Å²) in [5.41, 5.74) is 0. The average Bonchev–Trinajstić information content (AvgIpc) is 3.03. The smallest absolute Gasteiger partial charge is 0.210 e. The number of nitrogens with zero attached hydrogens (tertiary/aromatic N) is 2. The minimum Gasteiger partial charge on any atom is -0.447 e. The summed E-state index contributed by atoms with van der Waals surface area (Å²) in [4.78, 5) is 8.22. The van der Waals surface area contributed by atoms with Crippen molar-refractivity contribution >= 4 is 11.8 Å². The molecular formula is C12H12N2O2S. The Labute approximate surface area is 103 Å². The first-order chi connectivity index (χ1) is 8.35. The Bertz CT molecular complexity index is 420. The van der Waals surface area contributed by atoms with E-state index in [2.05, 4.69) is 23.1 Å². The summed E-state index contributed by atoms with van der Waals surface area (Å²) >= 11 is 1.56. The van der Waals surface area contributed by atoms with Crippen LogP contribution in [0, 0.1) is 0 Å². The first-order valence-corrected chi connectivity index (χ1v) is 5.98. The molecule has 0 saturated heterocycles. The molecule has 4 nitrogen and oxygen atoms in total. The number of thioether (sulfide) groups is 1. The molecule has 0 aliphatic carbocycles. The fourth-order valence-corrected chi connectivity index (χ4v) is 2.34. The van der Waals surface area contributed by atoms with Crippen LogP contribution in [0.4, 0.5) is 0 Å². The Morgan fingerprint density at radius 3 is 1.76 bits per heavy atom. The topological polar surface area (TPSA) is 52.1 Å². The molecule has 2 heterocycles. The van der Waals surface area contributed by atoms with Crippen LogP contribution in [0.5, 0.6) is 0 Å². The van der Waals surface area contributed by atoms with E-state index < -0.39 is 0 Å². The standard InChI is InChI=1S/C12H12N2O2S/c1-3-9(11-13-5-7-15-11)17-10(4-2)12-14-6-8-16-12/h3-10H,1-2H2. The van der Waals surface area contributed by atoms with Gasteiger partial charge in [0.25, 0.3) is 0 Å². The third kappa shape index (κ3) is 2.68. The summed E-state index contributed by atoms with van der Waals surface area (Å²) in [7, 11) is 0. The predicted molar refractivity (Wildman–Crippen MR) is 66.5 cm³/mol. The zero-order valence-electron chi connectivity index (χ0n) is 9.15. The van der Waals surface area contributed by atoms with Gasteiger partial charge in [-0.05, 0) is 0 Å². The molecule has 0 bridgehead atoms. The molecule has 2 rings (SSSR count). The fourth-order valence-electron chi connectivity index (χ4n) is 1.34. The normalized spacial score (nSPS) is 14.1. The molecule has 17 heavy (non-hydrogen) atoms. The van der Waals surface area contributed by atoms with Crippen LogP contribution in [0.25, 0.3) is 0 Å². The van der Waals surface area contributed by atoms with Crippen molar-refractivity contribution in [3.63, 3.8) is 0 Å². The number of aromatic nitrogens is 2. The summed E-state index contributed by atoms with van der Waals surface area (Å²) in [5.74, 6) is 1.23. The van der Waals surface area contributed by atoms with Crippen LogP contribution in [0.1, 0.15) is 22.3 Å². The average molecular weight is 248 g/mol. The minimum absolute atomic E-state index is 0.0556. The van der Waals surface area contributed by atoms with Crippen LogP contribution in [-0.4, -0.2) is 9.97 Å². The van der Waals surface area contributed by atoms with E-state index in [-0.39, 0.29) is 10.5 Å². The van der Waals surface area contributed by atoms with E-state index in [1.54, 1.807) is 48.8 Å². The van der Waals surface area contributed by atoms with Crippen molar-refractivity contribution in [1.29, 1.82) is 0 Å². The van der Waals surface area contributed by atoms with Gasteiger partial charge in [0.2, 0.25) is 11.8 Å². The van der Waals surface area contributed by atoms with Crippen LogP contribution in [0.3, 0.4) is 0 Å². The van der Waals surface area contributed by atoms with Gasteiger partial charge in [-0.15, -0.1) is 24.9 Å². The molecule has 0 aliphatic rings. The quantitative estimate of drug-likeness (QED) is 0.732. The van der Waals surface area contributed by atoms with Crippen molar-refractivity contribution in [2.75, 3.05) is 0 Å². The lowest BCUT2D eigenvalue weighted by molar-refractivity contribution is 0.500.